The minimum atomic E-state index is -1.21. The van der Waals surface area contributed by atoms with Gasteiger partial charge in [0.1, 0.15) is 5.75 Å². The van der Waals surface area contributed by atoms with Crippen LogP contribution in [0.15, 0.2) is 48.5 Å². The fraction of sp³-hybridized carbons (Fsp3) is 0.235. The molecule has 0 fully saturated rings. The summed E-state index contributed by atoms with van der Waals surface area (Å²) in [5.41, 5.74) is 1.56. The predicted octanol–water partition coefficient (Wildman–Crippen LogP) is 2.74. The lowest BCUT2D eigenvalue weighted by Gasteiger charge is -2.12. The third-order valence-electron chi connectivity index (χ3n) is 3.28. The Morgan fingerprint density at radius 2 is 2.00 bits per heavy atom. The van der Waals surface area contributed by atoms with Crippen molar-refractivity contribution in [2.45, 2.75) is 12.5 Å². The molecule has 0 aliphatic carbocycles. The standard InChI is InChI=1S/C17H18ClNO3/c1-22-15-7-5-12(6-8-15)9-10-19-17(21)16(20)13-3-2-4-14(18)11-13/h2-8,11,16,20H,9-10H2,1H3,(H,19,21). The Bertz CT molecular complexity index is 628. The summed E-state index contributed by atoms with van der Waals surface area (Å²) in [5.74, 6) is 0.361. The molecule has 2 aromatic carbocycles. The Labute approximate surface area is 134 Å². The van der Waals surface area contributed by atoms with Gasteiger partial charge < -0.3 is 15.2 Å². The zero-order chi connectivity index (χ0) is 15.9. The van der Waals surface area contributed by atoms with Crippen molar-refractivity contribution in [1.82, 2.24) is 5.32 Å². The summed E-state index contributed by atoms with van der Waals surface area (Å²) in [5, 5.41) is 13.2. The number of methoxy groups -OCH3 is 1. The van der Waals surface area contributed by atoms with Crippen LogP contribution in [0, 0.1) is 0 Å². The van der Waals surface area contributed by atoms with Crippen LogP contribution in [-0.2, 0) is 11.2 Å². The molecule has 0 aromatic heterocycles. The van der Waals surface area contributed by atoms with Crippen molar-refractivity contribution in [3.63, 3.8) is 0 Å². The molecule has 116 valence electrons. The van der Waals surface area contributed by atoms with Gasteiger partial charge in [-0.1, -0.05) is 35.9 Å². The van der Waals surface area contributed by atoms with E-state index in [2.05, 4.69) is 5.32 Å². The van der Waals surface area contributed by atoms with E-state index < -0.39 is 12.0 Å². The van der Waals surface area contributed by atoms with Gasteiger partial charge in [-0.25, -0.2) is 0 Å². The van der Waals surface area contributed by atoms with Crippen LogP contribution >= 0.6 is 11.6 Å². The molecule has 0 aliphatic heterocycles. The number of aliphatic hydroxyl groups excluding tert-OH is 1. The zero-order valence-corrected chi connectivity index (χ0v) is 13.0. The highest BCUT2D eigenvalue weighted by molar-refractivity contribution is 6.30. The van der Waals surface area contributed by atoms with Gasteiger partial charge in [-0.05, 0) is 41.8 Å². The molecule has 0 radical (unpaired) electrons. The van der Waals surface area contributed by atoms with Crippen LogP contribution in [0.2, 0.25) is 5.02 Å². The lowest BCUT2D eigenvalue weighted by atomic mass is 10.1. The first-order valence-electron chi connectivity index (χ1n) is 6.94. The van der Waals surface area contributed by atoms with Gasteiger partial charge in [0.2, 0.25) is 0 Å². The van der Waals surface area contributed by atoms with E-state index in [1.807, 2.05) is 24.3 Å². The number of carbonyl (C=O) groups excluding carboxylic acids is 1. The number of benzene rings is 2. The van der Waals surface area contributed by atoms with Gasteiger partial charge in [0.05, 0.1) is 7.11 Å². The smallest absolute Gasteiger partial charge is 0.253 e. The summed E-state index contributed by atoms with van der Waals surface area (Å²) in [6.07, 6.45) is -0.535. The van der Waals surface area contributed by atoms with E-state index in [-0.39, 0.29) is 0 Å². The van der Waals surface area contributed by atoms with Crippen LogP contribution in [0.5, 0.6) is 5.75 Å². The molecule has 1 atom stereocenters. The van der Waals surface area contributed by atoms with E-state index in [0.29, 0.717) is 23.6 Å². The number of nitrogens with one attached hydrogen (secondary N) is 1. The normalized spacial score (nSPS) is 11.8. The Morgan fingerprint density at radius 3 is 2.64 bits per heavy atom. The topological polar surface area (TPSA) is 58.6 Å². The molecule has 22 heavy (non-hydrogen) atoms. The van der Waals surface area contributed by atoms with Crippen LogP contribution in [0.1, 0.15) is 17.2 Å². The predicted molar refractivity (Wildman–Crippen MR) is 86.1 cm³/mol. The Kier molecular flexibility index (Phi) is 5.81. The minimum absolute atomic E-state index is 0.434. The SMILES string of the molecule is COc1ccc(CCNC(=O)C(O)c2cccc(Cl)c2)cc1. The van der Waals surface area contributed by atoms with Crippen LogP contribution < -0.4 is 10.1 Å². The Hall–Kier alpha value is -2.04. The third kappa shape index (κ3) is 4.48. The summed E-state index contributed by atoms with van der Waals surface area (Å²) >= 11 is 5.85. The molecule has 2 aromatic rings. The van der Waals surface area contributed by atoms with Crippen LogP contribution in [0.3, 0.4) is 0 Å². The number of ether oxygens (including phenoxy) is 1. The lowest BCUT2D eigenvalue weighted by Crippen LogP contribution is -2.30. The van der Waals surface area contributed by atoms with Gasteiger partial charge in [0, 0.05) is 11.6 Å². The van der Waals surface area contributed by atoms with Gasteiger partial charge in [0.15, 0.2) is 6.10 Å². The van der Waals surface area contributed by atoms with Gasteiger partial charge in [0.25, 0.3) is 5.91 Å². The van der Waals surface area contributed by atoms with Gasteiger partial charge >= 0.3 is 0 Å². The first kappa shape index (κ1) is 16.3. The molecule has 0 spiro atoms. The lowest BCUT2D eigenvalue weighted by molar-refractivity contribution is -0.129. The second kappa shape index (κ2) is 7.82. The molecule has 4 nitrogen and oxygen atoms in total. The Balaban J connectivity index is 1.84. The molecule has 0 aliphatic rings. The van der Waals surface area contributed by atoms with Crippen LogP contribution in [0.25, 0.3) is 0 Å². The van der Waals surface area contributed by atoms with Gasteiger partial charge in [-0.15, -0.1) is 0 Å². The van der Waals surface area contributed by atoms with Crippen LogP contribution in [-0.4, -0.2) is 24.7 Å². The maximum atomic E-state index is 11.9. The summed E-state index contributed by atoms with van der Waals surface area (Å²) in [4.78, 5) is 11.9. The number of hydrogen-bond acceptors (Lipinski definition) is 3. The number of carbonyl (C=O) groups is 1. The van der Waals surface area contributed by atoms with E-state index in [0.717, 1.165) is 11.3 Å². The van der Waals surface area contributed by atoms with Crippen molar-refractivity contribution >= 4 is 17.5 Å². The molecule has 5 heteroatoms. The molecule has 0 saturated heterocycles. The van der Waals surface area contributed by atoms with Crippen molar-refractivity contribution in [2.75, 3.05) is 13.7 Å². The summed E-state index contributed by atoms with van der Waals surface area (Å²) in [7, 11) is 1.62. The third-order valence-corrected chi connectivity index (χ3v) is 3.52. The molecule has 0 heterocycles. The minimum Gasteiger partial charge on any atom is -0.497 e. The van der Waals surface area contributed by atoms with Crippen molar-refractivity contribution < 1.29 is 14.6 Å². The molecular weight excluding hydrogens is 302 g/mol. The molecule has 1 unspecified atom stereocenters. The molecule has 1 amide bonds. The van der Waals surface area contributed by atoms with Crippen molar-refractivity contribution in [2.24, 2.45) is 0 Å². The second-order valence-electron chi connectivity index (χ2n) is 4.85. The number of rotatable bonds is 6. The van der Waals surface area contributed by atoms with E-state index in [9.17, 15) is 9.90 Å². The average Bonchev–Trinajstić information content (AvgIpc) is 2.54. The molecular formula is C17H18ClNO3. The maximum Gasteiger partial charge on any atom is 0.253 e. The molecule has 0 bridgehead atoms. The summed E-state index contributed by atoms with van der Waals surface area (Å²) < 4.78 is 5.09. The zero-order valence-electron chi connectivity index (χ0n) is 12.3. The summed E-state index contributed by atoms with van der Waals surface area (Å²) in [6.45, 7) is 0.447. The molecule has 2 rings (SSSR count). The van der Waals surface area contributed by atoms with Crippen molar-refractivity contribution in [3.05, 3.63) is 64.7 Å². The second-order valence-corrected chi connectivity index (χ2v) is 5.28. The summed E-state index contributed by atoms with van der Waals surface area (Å²) in [6, 6.07) is 14.3. The fourth-order valence-electron chi connectivity index (χ4n) is 2.05. The first-order chi connectivity index (χ1) is 10.6. The number of aliphatic hydroxyl groups is 1. The Morgan fingerprint density at radius 1 is 1.27 bits per heavy atom. The molecule has 0 saturated carbocycles. The highest BCUT2D eigenvalue weighted by Gasteiger charge is 2.16. The number of amides is 1. The largest absolute Gasteiger partial charge is 0.497 e. The number of halogens is 1. The van der Waals surface area contributed by atoms with E-state index in [1.54, 1.807) is 31.4 Å². The molecule has 2 N–H and O–H groups in total. The van der Waals surface area contributed by atoms with E-state index >= 15 is 0 Å². The van der Waals surface area contributed by atoms with Crippen LogP contribution in [0.4, 0.5) is 0 Å². The van der Waals surface area contributed by atoms with E-state index in [1.165, 1.54) is 0 Å². The fourth-order valence-corrected chi connectivity index (χ4v) is 2.25. The van der Waals surface area contributed by atoms with Crippen molar-refractivity contribution in [3.8, 4) is 5.75 Å². The number of hydrogen-bond donors (Lipinski definition) is 2. The van der Waals surface area contributed by atoms with Gasteiger partial charge in [-0.3, -0.25) is 4.79 Å². The highest BCUT2D eigenvalue weighted by Crippen LogP contribution is 2.17. The maximum absolute atomic E-state index is 11.9. The first-order valence-corrected chi connectivity index (χ1v) is 7.32. The average molecular weight is 320 g/mol. The van der Waals surface area contributed by atoms with E-state index in [4.69, 9.17) is 16.3 Å². The monoisotopic (exact) mass is 319 g/mol. The van der Waals surface area contributed by atoms with Crippen molar-refractivity contribution in [1.29, 1.82) is 0 Å². The highest BCUT2D eigenvalue weighted by atomic mass is 35.5. The van der Waals surface area contributed by atoms with Gasteiger partial charge in [-0.2, -0.15) is 0 Å². The quantitative estimate of drug-likeness (QED) is 0.860.